The van der Waals surface area contributed by atoms with Crippen LogP contribution in [0, 0.1) is 0 Å². The number of sulfone groups is 2. The van der Waals surface area contributed by atoms with Crippen LogP contribution in [0.4, 0.5) is 11.4 Å². The number of hydrogen-bond donors (Lipinski definition) is 2. The lowest BCUT2D eigenvalue weighted by Crippen LogP contribution is -2.26. The molecule has 1 aliphatic carbocycles. The molecule has 1 aliphatic rings. The quantitative estimate of drug-likeness (QED) is 0.297. The molecule has 0 radical (unpaired) electrons. The first-order valence-corrected chi connectivity index (χ1v) is 16.1. The Hall–Kier alpha value is -4.94. The highest BCUT2D eigenvalue weighted by Gasteiger charge is 2.35. The summed E-state index contributed by atoms with van der Waals surface area (Å²) < 4.78 is 47.9. The number of benzene rings is 4. The number of ketones is 2. The van der Waals surface area contributed by atoms with Crippen LogP contribution >= 0.6 is 0 Å². The van der Waals surface area contributed by atoms with E-state index in [1.807, 2.05) is 0 Å². The molecule has 0 saturated heterocycles. The average molecular weight is 603 g/mol. The maximum Gasteiger partial charge on any atom is 0.255 e. The van der Waals surface area contributed by atoms with Gasteiger partial charge in [0.15, 0.2) is 31.2 Å². The van der Waals surface area contributed by atoms with Crippen LogP contribution in [-0.4, -0.2) is 52.7 Å². The first-order valence-electron chi connectivity index (χ1n) is 12.3. The van der Waals surface area contributed by atoms with E-state index in [0.717, 1.165) is 12.5 Å². The molecule has 42 heavy (non-hydrogen) atoms. The minimum Gasteiger partial charge on any atom is -0.321 e. The lowest BCUT2D eigenvalue weighted by atomic mass is 9.82. The van der Waals surface area contributed by atoms with Gasteiger partial charge in [0.05, 0.1) is 32.3 Å². The lowest BCUT2D eigenvalue weighted by molar-refractivity contribution is 0.0977. The van der Waals surface area contributed by atoms with E-state index in [-0.39, 0.29) is 54.5 Å². The van der Waals surface area contributed by atoms with E-state index in [1.165, 1.54) is 72.8 Å². The first kappa shape index (κ1) is 28.6. The molecule has 0 unspecified atom stereocenters. The summed E-state index contributed by atoms with van der Waals surface area (Å²) in [6.45, 7) is 0. The first-order chi connectivity index (χ1) is 19.8. The molecule has 2 N–H and O–H groups in total. The Balaban J connectivity index is 1.59. The van der Waals surface area contributed by atoms with Gasteiger partial charge in [0.25, 0.3) is 11.8 Å². The minimum atomic E-state index is -3.60. The highest BCUT2D eigenvalue weighted by molar-refractivity contribution is 7.91. The van der Waals surface area contributed by atoms with Gasteiger partial charge < -0.3 is 10.6 Å². The summed E-state index contributed by atoms with van der Waals surface area (Å²) in [6.07, 6.45) is 2.01. The topological polar surface area (TPSA) is 161 Å². The summed E-state index contributed by atoms with van der Waals surface area (Å²) >= 11 is 0. The van der Waals surface area contributed by atoms with Crippen molar-refractivity contribution in [3.8, 4) is 0 Å². The van der Waals surface area contributed by atoms with Crippen molar-refractivity contribution in [2.45, 2.75) is 9.79 Å². The van der Waals surface area contributed by atoms with Crippen molar-refractivity contribution in [2.24, 2.45) is 0 Å². The third kappa shape index (κ3) is 5.37. The SMILES string of the molecule is CS(=O)(=O)c1cccc(C(=O)Nc2ccc(NC(=O)c3cccc(S(C)(=O)=O)c3)c3c2C(=O)c2ccccc2C3=O)c1. The number of carbonyl (C=O) groups excluding carboxylic acids is 4. The predicted molar refractivity (Wildman–Crippen MR) is 155 cm³/mol. The molecule has 0 aliphatic heterocycles. The van der Waals surface area contributed by atoms with Gasteiger partial charge in [0.1, 0.15) is 0 Å². The molecule has 5 rings (SSSR count). The fraction of sp³-hybridized carbons (Fsp3) is 0.0667. The van der Waals surface area contributed by atoms with Gasteiger partial charge in [-0.05, 0) is 48.5 Å². The molecule has 0 heterocycles. The van der Waals surface area contributed by atoms with E-state index < -0.39 is 43.1 Å². The predicted octanol–water partition coefficient (Wildman–Crippen LogP) is 3.77. The van der Waals surface area contributed by atoms with Gasteiger partial charge in [-0.3, -0.25) is 19.2 Å². The minimum absolute atomic E-state index is 0.00444. The van der Waals surface area contributed by atoms with Gasteiger partial charge in [0.2, 0.25) is 0 Å². The Labute approximate surface area is 241 Å². The Morgan fingerprint density at radius 1 is 0.548 bits per heavy atom. The summed E-state index contributed by atoms with van der Waals surface area (Å²) in [5, 5.41) is 5.19. The summed E-state index contributed by atoms with van der Waals surface area (Å²) in [5.41, 5.74) is -0.144. The molecule has 4 aromatic rings. The van der Waals surface area contributed by atoms with Crippen LogP contribution in [0.2, 0.25) is 0 Å². The van der Waals surface area contributed by atoms with E-state index in [2.05, 4.69) is 10.6 Å². The number of hydrogen-bond acceptors (Lipinski definition) is 8. The van der Waals surface area contributed by atoms with Gasteiger partial charge >= 0.3 is 0 Å². The fourth-order valence-electron chi connectivity index (χ4n) is 4.56. The van der Waals surface area contributed by atoms with Crippen LogP contribution in [0.1, 0.15) is 52.6 Å². The zero-order valence-electron chi connectivity index (χ0n) is 22.2. The van der Waals surface area contributed by atoms with Gasteiger partial charge in [-0.1, -0.05) is 36.4 Å². The Bertz CT molecular complexity index is 1920. The monoisotopic (exact) mass is 602 g/mol. The molecule has 0 aromatic heterocycles. The van der Waals surface area contributed by atoms with Crippen LogP contribution < -0.4 is 10.6 Å². The second-order valence-corrected chi connectivity index (χ2v) is 13.7. The number of nitrogens with one attached hydrogen (secondary N) is 2. The Kier molecular flexibility index (Phi) is 7.13. The highest BCUT2D eigenvalue weighted by atomic mass is 32.2. The largest absolute Gasteiger partial charge is 0.321 e. The number of rotatable bonds is 6. The second kappa shape index (κ2) is 10.5. The van der Waals surface area contributed by atoms with Crippen molar-refractivity contribution >= 4 is 54.4 Å². The standard InChI is InChI=1S/C30H22N2O8S2/c1-41(37,38)19-9-5-7-17(15-19)29(35)31-23-13-14-24(32-30(36)18-8-6-10-20(16-18)42(2,39)40)26-25(23)27(33)21-11-3-4-12-22(21)28(26)34/h3-16H,1-2H3,(H,31,35)(H,32,36). The van der Waals surface area contributed by atoms with Gasteiger partial charge in [0, 0.05) is 34.8 Å². The van der Waals surface area contributed by atoms with Crippen molar-refractivity contribution in [1.29, 1.82) is 0 Å². The Morgan fingerprint density at radius 2 is 0.929 bits per heavy atom. The van der Waals surface area contributed by atoms with E-state index in [0.29, 0.717) is 0 Å². The molecule has 4 aromatic carbocycles. The summed E-state index contributed by atoms with van der Waals surface area (Å²) in [7, 11) is -7.20. The van der Waals surface area contributed by atoms with Crippen molar-refractivity contribution < 1.29 is 36.0 Å². The molecule has 12 heteroatoms. The Morgan fingerprint density at radius 3 is 1.29 bits per heavy atom. The van der Waals surface area contributed by atoms with E-state index in [4.69, 9.17) is 0 Å². The number of fused-ring (bicyclic) bond motifs is 2. The third-order valence-electron chi connectivity index (χ3n) is 6.62. The zero-order valence-corrected chi connectivity index (χ0v) is 23.8. The average Bonchev–Trinajstić information content (AvgIpc) is 2.95. The van der Waals surface area contributed by atoms with E-state index in [1.54, 1.807) is 12.1 Å². The fourth-order valence-corrected chi connectivity index (χ4v) is 5.89. The smallest absolute Gasteiger partial charge is 0.255 e. The molecular weight excluding hydrogens is 580 g/mol. The molecule has 0 fully saturated rings. The molecule has 0 saturated carbocycles. The molecule has 212 valence electrons. The molecule has 0 spiro atoms. The number of carbonyl (C=O) groups is 4. The zero-order chi connectivity index (χ0) is 30.4. The van der Waals surface area contributed by atoms with Crippen molar-refractivity contribution in [2.75, 3.05) is 23.1 Å². The summed E-state index contributed by atoms with van der Waals surface area (Å²) in [5.74, 6) is -2.60. The van der Waals surface area contributed by atoms with Crippen molar-refractivity contribution in [3.63, 3.8) is 0 Å². The molecule has 0 atom stereocenters. The van der Waals surface area contributed by atoms with Crippen LogP contribution in [0.5, 0.6) is 0 Å². The molecule has 0 bridgehead atoms. The van der Waals surface area contributed by atoms with Gasteiger partial charge in [-0.25, -0.2) is 16.8 Å². The lowest BCUT2D eigenvalue weighted by Gasteiger charge is -2.23. The second-order valence-electron chi connectivity index (χ2n) is 9.62. The van der Waals surface area contributed by atoms with Crippen LogP contribution in [-0.2, 0) is 19.7 Å². The van der Waals surface area contributed by atoms with Gasteiger partial charge in [-0.15, -0.1) is 0 Å². The maximum absolute atomic E-state index is 13.7. The normalized spacial score (nSPS) is 12.7. The van der Waals surface area contributed by atoms with Crippen LogP contribution in [0.15, 0.2) is 94.7 Å². The van der Waals surface area contributed by atoms with Crippen molar-refractivity contribution in [3.05, 3.63) is 118 Å². The molecule has 2 amide bonds. The van der Waals surface area contributed by atoms with Crippen molar-refractivity contribution in [1.82, 2.24) is 0 Å². The summed E-state index contributed by atoms with van der Waals surface area (Å²) in [6, 6.07) is 19.5. The van der Waals surface area contributed by atoms with Crippen LogP contribution in [0.25, 0.3) is 0 Å². The molecular formula is C30H22N2O8S2. The highest BCUT2D eigenvalue weighted by Crippen LogP contribution is 2.37. The maximum atomic E-state index is 13.7. The third-order valence-corrected chi connectivity index (χ3v) is 8.84. The number of amides is 2. The van der Waals surface area contributed by atoms with E-state index in [9.17, 15) is 36.0 Å². The van der Waals surface area contributed by atoms with E-state index >= 15 is 0 Å². The van der Waals surface area contributed by atoms with Gasteiger partial charge in [-0.2, -0.15) is 0 Å². The number of anilines is 2. The summed E-state index contributed by atoms with van der Waals surface area (Å²) in [4.78, 5) is 53.5. The molecule has 10 nitrogen and oxygen atoms in total. The van der Waals surface area contributed by atoms with Crippen LogP contribution in [0.3, 0.4) is 0 Å².